The summed E-state index contributed by atoms with van der Waals surface area (Å²) < 4.78 is 51.0. The lowest BCUT2D eigenvalue weighted by Crippen LogP contribution is -2.15. The third-order valence-corrected chi connectivity index (χ3v) is 8.38. The van der Waals surface area contributed by atoms with Gasteiger partial charge in [-0.05, 0) is 101 Å². The molecule has 0 aliphatic carbocycles. The molecule has 0 aliphatic rings. The van der Waals surface area contributed by atoms with Crippen molar-refractivity contribution in [2.75, 3.05) is 52.9 Å². The second-order valence-corrected chi connectivity index (χ2v) is 12.5. The van der Waals surface area contributed by atoms with E-state index in [1.807, 2.05) is 6.92 Å². The van der Waals surface area contributed by atoms with Crippen molar-refractivity contribution in [3.8, 4) is 0 Å². The summed E-state index contributed by atoms with van der Waals surface area (Å²) in [5, 5.41) is 0. The fraction of sp³-hybridized carbons (Fsp3) is 0.486. The van der Waals surface area contributed by atoms with Gasteiger partial charge >= 0.3 is 0 Å². The summed E-state index contributed by atoms with van der Waals surface area (Å²) in [6, 6.07) is 15.3. The van der Waals surface area contributed by atoms with Gasteiger partial charge in [-0.2, -0.15) is 8.42 Å². The zero-order valence-electron chi connectivity index (χ0n) is 27.2. The summed E-state index contributed by atoms with van der Waals surface area (Å²) in [6.45, 7) is 20.3. The maximum Gasteiger partial charge on any atom is 0.297 e. The summed E-state index contributed by atoms with van der Waals surface area (Å²) in [5.74, 6) is 0. The van der Waals surface area contributed by atoms with Gasteiger partial charge in [0.25, 0.3) is 10.1 Å². The number of benzene rings is 3. The quantitative estimate of drug-likeness (QED) is 0.130. The predicted molar refractivity (Wildman–Crippen MR) is 172 cm³/mol. The first-order chi connectivity index (χ1) is 20.4. The van der Waals surface area contributed by atoms with E-state index in [2.05, 4.69) is 72.7 Å². The molecule has 3 aromatic rings. The van der Waals surface area contributed by atoms with E-state index in [9.17, 15) is 8.42 Å². The second-order valence-electron chi connectivity index (χ2n) is 10.9. The molecular weight excluding hydrogens is 564 g/mol. The highest BCUT2D eigenvalue weighted by atomic mass is 32.2. The minimum atomic E-state index is -3.75. The standard InChI is InChI=1S/C25H36O7S.C10H14/c1-20-5-7-24(8-6-20)33(26,27)32-16-15-30-12-11-28-9-10-29-13-14-31-19-25-22(3)17-21(2)18-23(25)4;1-7-5-8(2)10(4)9(3)6-7/h5-8,17-18H,9-16,19H2,1-4H3;5-6H,1-4H3. The van der Waals surface area contributed by atoms with Crippen LogP contribution in [0.5, 0.6) is 0 Å². The largest absolute Gasteiger partial charge is 0.377 e. The van der Waals surface area contributed by atoms with Gasteiger partial charge in [0.2, 0.25) is 0 Å². The summed E-state index contributed by atoms with van der Waals surface area (Å²) in [4.78, 5) is 0.141. The molecule has 43 heavy (non-hydrogen) atoms. The van der Waals surface area contributed by atoms with Crippen molar-refractivity contribution < 1.29 is 31.5 Å². The Morgan fingerprint density at radius 1 is 0.488 bits per heavy atom. The molecule has 0 bridgehead atoms. The van der Waals surface area contributed by atoms with Crippen LogP contribution in [0.25, 0.3) is 0 Å². The summed E-state index contributed by atoms with van der Waals surface area (Å²) in [7, 11) is -3.75. The summed E-state index contributed by atoms with van der Waals surface area (Å²) in [6.07, 6.45) is 0. The van der Waals surface area contributed by atoms with Crippen LogP contribution in [0.2, 0.25) is 0 Å². The van der Waals surface area contributed by atoms with E-state index in [-0.39, 0.29) is 18.1 Å². The van der Waals surface area contributed by atoms with Crippen LogP contribution in [0.1, 0.15) is 50.1 Å². The highest BCUT2D eigenvalue weighted by Crippen LogP contribution is 2.17. The lowest BCUT2D eigenvalue weighted by Gasteiger charge is -2.12. The Hall–Kier alpha value is -2.59. The monoisotopic (exact) mass is 614 g/mol. The normalized spacial score (nSPS) is 11.3. The highest BCUT2D eigenvalue weighted by molar-refractivity contribution is 7.86. The van der Waals surface area contributed by atoms with Crippen molar-refractivity contribution in [2.45, 2.75) is 66.9 Å². The maximum absolute atomic E-state index is 12.0. The van der Waals surface area contributed by atoms with Crippen LogP contribution in [0, 0.1) is 55.4 Å². The molecule has 0 saturated carbocycles. The number of aryl methyl sites for hydroxylation is 7. The van der Waals surface area contributed by atoms with Gasteiger partial charge in [0.1, 0.15) is 0 Å². The van der Waals surface area contributed by atoms with Crippen molar-refractivity contribution in [3.05, 3.63) is 98.6 Å². The zero-order chi connectivity index (χ0) is 31.8. The van der Waals surface area contributed by atoms with E-state index in [4.69, 9.17) is 23.1 Å². The summed E-state index contributed by atoms with van der Waals surface area (Å²) in [5.41, 5.74) is 11.6. The lowest BCUT2D eigenvalue weighted by molar-refractivity contribution is -0.00650. The first-order valence-electron chi connectivity index (χ1n) is 14.8. The van der Waals surface area contributed by atoms with Crippen LogP contribution in [0.3, 0.4) is 0 Å². The van der Waals surface area contributed by atoms with E-state index in [0.29, 0.717) is 46.2 Å². The molecule has 0 atom stereocenters. The fourth-order valence-corrected chi connectivity index (χ4v) is 5.39. The van der Waals surface area contributed by atoms with Crippen LogP contribution in [0.15, 0.2) is 53.4 Å². The van der Waals surface area contributed by atoms with Gasteiger partial charge in [0.15, 0.2) is 0 Å². The molecule has 0 unspecified atom stereocenters. The molecular formula is C35H50O7S. The van der Waals surface area contributed by atoms with E-state index in [1.165, 1.54) is 56.6 Å². The van der Waals surface area contributed by atoms with Gasteiger partial charge < -0.3 is 18.9 Å². The van der Waals surface area contributed by atoms with Crippen LogP contribution >= 0.6 is 0 Å². The Balaban J connectivity index is 0.000000543. The molecule has 0 aromatic heterocycles. The third-order valence-electron chi connectivity index (χ3n) is 7.05. The Labute approximate surface area is 259 Å². The van der Waals surface area contributed by atoms with Crippen molar-refractivity contribution in [3.63, 3.8) is 0 Å². The van der Waals surface area contributed by atoms with Crippen LogP contribution in [-0.4, -0.2) is 61.3 Å². The lowest BCUT2D eigenvalue weighted by atomic mass is 10.0. The third kappa shape index (κ3) is 13.7. The van der Waals surface area contributed by atoms with Crippen LogP contribution < -0.4 is 0 Å². The second kappa shape index (κ2) is 18.9. The number of rotatable bonds is 16. The average molecular weight is 615 g/mol. The first kappa shape index (κ1) is 36.6. The molecule has 0 heterocycles. The van der Waals surface area contributed by atoms with Gasteiger partial charge in [-0.3, -0.25) is 4.18 Å². The molecule has 0 aliphatic heterocycles. The smallest absolute Gasteiger partial charge is 0.297 e. The molecule has 0 radical (unpaired) electrons. The molecule has 3 aromatic carbocycles. The molecule has 0 fully saturated rings. The Morgan fingerprint density at radius 2 is 0.884 bits per heavy atom. The van der Waals surface area contributed by atoms with Crippen LogP contribution in [0.4, 0.5) is 0 Å². The van der Waals surface area contributed by atoms with E-state index in [0.717, 1.165) is 5.56 Å². The minimum absolute atomic E-state index is 0.0407. The highest BCUT2D eigenvalue weighted by Gasteiger charge is 2.14. The van der Waals surface area contributed by atoms with Crippen molar-refractivity contribution in [1.29, 1.82) is 0 Å². The molecule has 238 valence electrons. The van der Waals surface area contributed by atoms with Gasteiger partial charge in [0, 0.05) is 0 Å². The van der Waals surface area contributed by atoms with Crippen molar-refractivity contribution >= 4 is 10.1 Å². The topological polar surface area (TPSA) is 80.3 Å². The van der Waals surface area contributed by atoms with E-state index >= 15 is 0 Å². The zero-order valence-corrected chi connectivity index (χ0v) is 28.1. The van der Waals surface area contributed by atoms with Gasteiger partial charge in [-0.15, -0.1) is 0 Å². The Bertz CT molecular complexity index is 1320. The molecule has 0 N–H and O–H groups in total. The number of hydrogen-bond acceptors (Lipinski definition) is 7. The van der Waals surface area contributed by atoms with Gasteiger partial charge in [-0.25, -0.2) is 0 Å². The van der Waals surface area contributed by atoms with Crippen molar-refractivity contribution in [2.24, 2.45) is 0 Å². The predicted octanol–water partition coefficient (Wildman–Crippen LogP) is 6.81. The molecule has 7 nitrogen and oxygen atoms in total. The van der Waals surface area contributed by atoms with Gasteiger partial charge in [0.05, 0.1) is 64.4 Å². The molecule has 3 rings (SSSR count). The van der Waals surface area contributed by atoms with E-state index < -0.39 is 10.1 Å². The molecule has 0 saturated heterocycles. The first-order valence-corrected chi connectivity index (χ1v) is 16.2. The van der Waals surface area contributed by atoms with Gasteiger partial charge in [-0.1, -0.05) is 53.1 Å². The fourth-order valence-electron chi connectivity index (χ4n) is 4.50. The number of hydrogen-bond donors (Lipinski definition) is 0. The Morgan fingerprint density at radius 3 is 1.35 bits per heavy atom. The molecule has 0 amide bonds. The SMILES string of the molecule is Cc1cc(C)c(C)c(C)c1.Cc1ccc(S(=O)(=O)OCCOCCOCCOCCOCc2c(C)cc(C)cc2C)cc1. The van der Waals surface area contributed by atoms with Crippen LogP contribution in [-0.2, 0) is 39.9 Å². The molecule has 0 spiro atoms. The summed E-state index contributed by atoms with van der Waals surface area (Å²) >= 11 is 0. The Kier molecular flexibility index (Phi) is 16.1. The minimum Gasteiger partial charge on any atom is -0.377 e. The average Bonchev–Trinajstić information content (AvgIpc) is 2.93. The maximum atomic E-state index is 12.0. The number of ether oxygens (including phenoxy) is 4. The van der Waals surface area contributed by atoms with Crippen molar-refractivity contribution in [1.82, 2.24) is 0 Å². The van der Waals surface area contributed by atoms with E-state index in [1.54, 1.807) is 12.1 Å². The molecule has 8 heteroatoms.